The number of fused-ring (bicyclic) bond motifs is 3. The molecule has 0 aromatic carbocycles. The molecule has 3 aromatic rings. The summed E-state index contributed by atoms with van der Waals surface area (Å²) in [6.07, 6.45) is 12.9. The number of unbranched alkanes of at least 4 members (excludes halogenated alkanes) is 4. The Labute approximate surface area is 177 Å². The molecule has 1 unspecified atom stereocenters. The molecule has 1 aliphatic carbocycles. The van der Waals surface area contributed by atoms with Crippen molar-refractivity contribution in [3.8, 4) is 11.3 Å². The van der Waals surface area contributed by atoms with E-state index in [4.69, 9.17) is 9.72 Å². The molecule has 2 aliphatic rings. The van der Waals surface area contributed by atoms with Gasteiger partial charge in [-0.3, -0.25) is 5.10 Å². The van der Waals surface area contributed by atoms with Crippen LogP contribution in [0.15, 0.2) is 18.3 Å². The van der Waals surface area contributed by atoms with Crippen LogP contribution in [0.5, 0.6) is 0 Å². The highest BCUT2D eigenvalue weighted by atomic mass is 16.5. The van der Waals surface area contributed by atoms with Gasteiger partial charge in [-0.2, -0.15) is 10.2 Å². The quantitative estimate of drug-likeness (QED) is 0.503. The van der Waals surface area contributed by atoms with Crippen LogP contribution in [0.1, 0.15) is 69.7 Å². The summed E-state index contributed by atoms with van der Waals surface area (Å²) in [6.45, 7) is 5.09. The Morgan fingerprint density at radius 1 is 1.30 bits per heavy atom. The van der Waals surface area contributed by atoms with Gasteiger partial charge in [0.1, 0.15) is 5.82 Å². The van der Waals surface area contributed by atoms with Crippen LogP contribution in [0, 0.1) is 6.92 Å². The van der Waals surface area contributed by atoms with Crippen LogP contribution in [0.4, 0.5) is 5.82 Å². The van der Waals surface area contributed by atoms with E-state index < -0.39 is 0 Å². The molecule has 0 radical (unpaired) electrons. The van der Waals surface area contributed by atoms with E-state index in [9.17, 15) is 0 Å². The van der Waals surface area contributed by atoms with Crippen molar-refractivity contribution in [2.75, 3.05) is 11.9 Å². The molecule has 0 spiro atoms. The van der Waals surface area contributed by atoms with Gasteiger partial charge in [-0.05, 0) is 39.0 Å². The second-order valence-corrected chi connectivity index (χ2v) is 9.04. The van der Waals surface area contributed by atoms with Gasteiger partial charge in [-0.15, -0.1) is 0 Å². The van der Waals surface area contributed by atoms with E-state index in [1.54, 1.807) is 0 Å². The van der Waals surface area contributed by atoms with E-state index >= 15 is 0 Å². The summed E-state index contributed by atoms with van der Waals surface area (Å²) in [7, 11) is 0. The van der Waals surface area contributed by atoms with Crippen LogP contribution in [0.25, 0.3) is 16.9 Å². The molecule has 2 bridgehead atoms. The molecule has 1 saturated carbocycles. The van der Waals surface area contributed by atoms with Gasteiger partial charge < -0.3 is 10.1 Å². The minimum atomic E-state index is 0.0286. The fourth-order valence-electron chi connectivity index (χ4n) is 5.11. The molecule has 1 saturated heterocycles. The molecule has 2 atom stereocenters. The average Bonchev–Trinajstić information content (AvgIpc) is 3.51. The average molecular weight is 409 g/mol. The zero-order chi connectivity index (χ0) is 20.6. The first-order valence-electron chi connectivity index (χ1n) is 11.5. The highest BCUT2D eigenvalue weighted by molar-refractivity contribution is 5.71. The van der Waals surface area contributed by atoms with Crippen molar-refractivity contribution in [2.45, 2.75) is 83.3 Å². The number of hydrogen-bond acceptors (Lipinski definition) is 5. The lowest BCUT2D eigenvalue weighted by atomic mass is 9.99. The Kier molecular flexibility index (Phi) is 5.23. The standard InChI is InChI=1S/C23H32N6O/c1-3-4-5-6-7-8-18-22(16(2)27-28-18)19-13-20(25-21-10-12-24-29(19)21)26-23-11-9-17(14-23)30-15-23/h10,12-13,17H,3-9,11,14-15H2,1-2H3,(H,25,26)(H,27,28)/t17-,23?/m0/s1. The summed E-state index contributed by atoms with van der Waals surface area (Å²) in [5.41, 5.74) is 5.30. The smallest absolute Gasteiger partial charge is 0.158 e. The molecule has 0 amide bonds. The molecule has 5 rings (SSSR count). The number of H-pyrrole nitrogens is 1. The van der Waals surface area contributed by atoms with E-state index in [1.807, 2.05) is 16.8 Å². The normalized spacial score (nSPS) is 22.9. The zero-order valence-electron chi connectivity index (χ0n) is 18.1. The SMILES string of the molecule is CCCCCCCc1[nH]nc(C)c1-c1cc(NC23CC[C@@H](C2)OC3)nc2ccnn12. The third kappa shape index (κ3) is 3.60. The van der Waals surface area contributed by atoms with E-state index in [2.05, 4.69) is 40.5 Å². The Balaban J connectivity index is 1.45. The lowest BCUT2D eigenvalue weighted by molar-refractivity contribution is 0.0745. The number of anilines is 1. The highest BCUT2D eigenvalue weighted by Gasteiger charge is 2.46. The summed E-state index contributed by atoms with van der Waals surface area (Å²) >= 11 is 0. The van der Waals surface area contributed by atoms with E-state index in [-0.39, 0.29) is 5.54 Å². The minimum Gasteiger partial charge on any atom is -0.376 e. The first-order chi connectivity index (χ1) is 14.7. The number of nitrogens with zero attached hydrogens (tertiary/aromatic N) is 4. The number of ether oxygens (including phenoxy) is 1. The predicted octanol–water partition coefficient (Wildman–Crippen LogP) is 4.67. The second-order valence-electron chi connectivity index (χ2n) is 9.04. The van der Waals surface area contributed by atoms with Gasteiger partial charge in [0.25, 0.3) is 0 Å². The number of aromatic nitrogens is 5. The monoisotopic (exact) mass is 408 g/mol. The van der Waals surface area contributed by atoms with E-state index in [1.165, 1.54) is 37.8 Å². The van der Waals surface area contributed by atoms with Gasteiger partial charge in [-0.1, -0.05) is 32.6 Å². The summed E-state index contributed by atoms with van der Waals surface area (Å²) in [4.78, 5) is 4.84. The van der Waals surface area contributed by atoms with Crippen LogP contribution < -0.4 is 5.32 Å². The van der Waals surface area contributed by atoms with E-state index in [0.717, 1.165) is 60.7 Å². The van der Waals surface area contributed by atoms with Gasteiger partial charge in [0.15, 0.2) is 5.65 Å². The third-order valence-corrected chi connectivity index (χ3v) is 6.72. The number of rotatable bonds is 9. The highest BCUT2D eigenvalue weighted by Crippen LogP contribution is 2.41. The molecular weight excluding hydrogens is 376 g/mol. The Morgan fingerprint density at radius 3 is 2.97 bits per heavy atom. The first kappa shape index (κ1) is 19.5. The fourth-order valence-corrected chi connectivity index (χ4v) is 5.11. The Bertz CT molecular complexity index is 1010. The first-order valence-corrected chi connectivity index (χ1v) is 11.5. The molecule has 7 nitrogen and oxygen atoms in total. The van der Waals surface area contributed by atoms with Gasteiger partial charge in [0.05, 0.1) is 35.8 Å². The summed E-state index contributed by atoms with van der Waals surface area (Å²) < 4.78 is 7.82. The second kappa shape index (κ2) is 8.02. The van der Waals surface area contributed by atoms with Crippen LogP contribution in [-0.2, 0) is 11.2 Å². The lowest BCUT2D eigenvalue weighted by Crippen LogP contribution is -2.37. The predicted molar refractivity (Wildman–Crippen MR) is 118 cm³/mol. The third-order valence-electron chi connectivity index (χ3n) is 6.72. The van der Waals surface area contributed by atoms with Crippen molar-refractivity contribution in [3.63, 3.8) is 0 Å². The lowest BCUT2D eigenvalue weighted by Gasteiger charge is -2.27. The van der Waals surface area contributed by atoms with Gasteiger partial charge in [0, 0.05) is 23.4 Å². The summed E-state index contributed by atoms with van der Waals surface area (Å²) in [6, 6.07) is 4.10. The van der Waals surface area contributed by atoms with Crippen molar-refractivity contribution in [2.24, 2.45) is 0 Å². The van der Waals surface area contributed by atoms with E-state index in [0.29, 0.717) is 6.10 Å². The molecule has 1 aliphatic heterocycles. The molecule has 2 N–H and O–H groups in total. The van der Waals surface area contributed by atoms with Gasteiger partial charge >= 0.3 is 0 Å². The molecule has 30 heavy (non-hydrogen) atoms. The maximum absolute atomic E-state index is 5.89. The largest absolute Gasteiger partial charge is 0.376 e. The Hall–Kier alpha value is -2.41. The Morgan fingerprint density at radius 2 is 2.20 bits per heavy atom. The van der Waals surface area contributed by atoms with Gasteiger partial charge in [0.2, 0.25) is 0 Å². The van der Waals surface area contributed by atoms with Crippen LogP contribution in [0.3, 0.4) is 0 Å². The maximum Gasteiger partial charge on any atom is 0.158 e. The zero-order valence-corrected chi connectivity index (χ0v) is 18.1. The maximum atomic E-state index is 5.89. The van der Waals surface area contributed by atoms with Crippen LogP contribution >= 0.6 is 0 Å². The number of aryl methyl sites for hydroxylation is 2. The molecule has 160 valence electrons. The molecule has 2 fully saturated rings. The summed E-state index contributed by atoms with van der Waals surface area (Å²) in [5.74, 6) is 0.902. The number of hydrogen-bond donors (Lipinski definition) is 2. The topological polar surface area (TPSA) is 80.1 Å². The fraction of sp³-hybridized carbons (Fsp3) is 0.609. The van der Waals surface area contributed by atoms with Gasteiger partial charge in [-0.25, -0.2) is 9.50 Å². The molecule has 7 heteroatoms. The summed E-state index contributed by atoms with van der Waals surface area (Å²) in [5, 5.41) is 16.1. The van der Waals surface area contributed by atoms with Crippen molar-refractivity contribution in [1.82, 2.24) is 24.8 Å². The van der Waals surface area contributed by atoms with Crippen LogP contribution in [-0.4, -0.2) is 43.0 Å². The molecular formula is C23H32N6O. The number of aromatic amines is 1. The van der Waals surface area contributed by atoms with Crippen molar-refractivity contribution < 1.29 is 4.74 Å². The molecule has 3 aromatic heterocycles. The minimum absolute atomic E-state index is 0.0286. The van der Waals surface area contributed by atoms with Crippen molar-refractivity contribution >= 4 is 11.5 Å². The van der Waals surface area contributed by atoms with Crippen molar-refractivity contribution in [1.29, 1.82) is 0 Å². The van der Waals surface area contributed by atoms with Crippen molar-refractivity contribution in [3.05, 3.63) is 29.7 Å². The van der Waals surface area contributed by atoms with Crippen LogP contribution in [0.2, 0.25) is 0 Å². The number of nitrogens with one attached hydrogen (secondary N) is 2. The molecule has 4 heterocycles.